The Morgan fingerprint density at radius 3 is 2.58 bits per heavy atom. The number of nitrogens with zero attached hydrogens (tertiary/aromatic N) is 3. The fourth-order valence-electron chi connectivity index (χ4n) is 2.35. The van der Waals surface area contributed by atoms with E-state index in [0.29, 0.717) is 11.3 Å². The number of thioether (sulfide) groups is 1. The first-order valence-corrected chi connectivity index (χ1v) is 11.6. The van der Waals surface area contributed by atoms with Gasteiger partial charge in [-0.3, -0.25) is 4.79 Å². The average Bonchev–Trinajstić information content (AvgIpc) is 2.69. The maximum absolute atomic E-state index is 12.7. The van der Waals surface area contributed by atoms with Crippen molar-refractivity contribution >= 4 is 45.2 Å². The molecule has 2 rings (SSSR count). The molecule has 1 aromatic carbocycles. The van der Waals surface area contributed by atoms with Gasteiger partial charge in [-0.15, -0.1) is 0 Å². The molecule has 2 aromatic rings. The SMILES string of the molecule is CCOC(=O)c1cnc(SC(C)C(=O)Nc2cc(S(=O)(=O)N(C)C)ccc2C)nc1N. The summed E-state index contributed by atoms with van der Waals surface area (Å²) in [6.07, 6.45) is 1.26. The Kier molecular flexibility index (Phi) is 7.98. The van der Waals surface area contributed by atoms with E-state index in [1.807, 2.05) is 0 Å². The number of nitrogens with two attached hydrogens (primary N) is 1. The molecule has 1 atom stereocenters. The van der Waals surface area contributed by atoms with E-state index in [4.69, 9.17) is 10.5 Å². The molecule has 0 radical (unpaired) electrons. The number of aromatic nitrogens is 2. The number of sulfonamides is 1. The second-order valence-electron chi connectivity index (χ2n) is 6.69. The smallest absolute Gasteiger partial charge is 0.343 e. The highest BCUT2D eigenvalue weighted by atomic mass is 32.2. The Hall–Kier alpha value is -2.70. The van der Waals surface area contributed by atoms with Gasteiger partial charge in [-0.1, -0.05) is 17.8 Å². The predicted octanol–water partition coefficient (Wildman–Crippen LogP) is 1.91. The fourth-order valence-corrected chi connectivity index (χ4v) is 4.03. The lowest BCUT2D eigenvalue weighted by Gasteiger charge is -2.16. The summed E-state index contributed by atoms with van der Waals surface area (Å²) < 4.78 is 30.7. The van der Waals surface area contributed by atoms with Gasteiger partial charge in [0.2, 0.25) is 15.9 Å². The zero-order valence-corrected chi connectivity index (χ0v) is 19.5. The molecule has 10 nitrogen and oxygen atoms in total. The molecule has 0 aliphatic rings. The van der Waals surface area contributed by atoms with E-state index in [0.717, 1.165) is 16.1 Å². The van der Waals surface area contributed by atoms with Crippen molar-refractivity contribution in [1.29, 1.82) is 0 Å². The zero-order chi connectivity index (χ0) is 23.3. The number of benzene rings is 1. The van der Waals surface area contributed by atoms with Crippen molar-refractivity contribution in [3.63, 3.8) is 0 Å². The number of rotatable bonds is 8. The number of hydrogen-bond acceptors (Lipinski definition) is 9. The molecular weight excluding hydrogens is 442 g/mol. The van der Waals surface area contributed by atoms with Crippen LogP contribution in [0.25, 0.3) is 0 Å². The largest absolute Gasteiger partial charge is 0.462 e. The highest BCUT2D eigenvalue weighted by Gasteiger charge is 2.22. The third-order valence-corrected chi connectivity index (χ3v) is 6.97. The van der Waals surface area contributed by atoms with E-state index in [9.17, 15) is 18.0 Å². The van der Waals surface area contributed by atoms with Crippen molar-refractivity contribution in [2.45, 2.75) is 36.1 Å². The van der Waals surface area contributed by atoms with Crippen LogP contribution in [-0.4, -0.2) is 60.5 Å². The summed E-state index contributed by atoms with van der Waals surface area (Å²) in [7, 11) is -0.765. The van der Waals surface area contributed by atoms with Gasteiger partial charge in [0.05, 0.1) is 16.8 Å². The van der Waals surface area contributed by atoms with Crippen LogP contribution in [0.3, 0.4) is 0 Å². The van der Waals surface area contributed by atoms with Crippen LogP contribution < -0.4 is 11.1 Å². The molecule has 1 aromatic heterocycles. The lowest BCUT2D eigenvalue weighted by molar-refractivity contribution is -0.115. The number of carbonyl (C=O) groups is 2. The van der Waals surface area contributed by atoms with Crippen LogP contribution in [0.4, 0.5) is 11.5 Å². The van der Waals surface area contributed by atoms with Crippen LogP contribution in [0.5, 0.6) is 0 Å². The van der Waals surface area contributed by atoms with Gasteiger partial charge >= 0.3 is 5.97 Å². The van der Waals surface area contributed by atoms with E-state index in [1.54, 1.807) is 26.8 Å². The zero-order valence-electron chi connectivity index (χ0n) is 17.9. The minimum atomic E-state index is -3.64. The normalized spacial score (nSPS) is 12.5. The standard InChI is InChI=1S/C19H25N5O5S2/c1-6-29-18(26)14-10-21-19(23-16(14)20)30-12(3)17(25)22-15-9-13(8-7-11(15)2)31(27,28)24(4)5/h7-10,12H,6H2,1-5H3,(H,22,25)(H2,20,21,23). The Morgan fingerprint density at radius 1 is 1.32 bits per heavy atom. The molecule has 0 aliphatic carbocycles. The quantitative estimate of drug-likeness (QED) is 0.338. The Morgan fingerprint density at radius 2 is 2.00 bits per heavy atom. The summed E-state index contributed by atoms with van der Waals surface area (Å²) in [5.74, 6) is -1.03. The molecule has 0 bridgehead atoms. The minimum absolute atomic E-state index is 0.0407. The lowest BCUT2D eigenvalue weighted by atomic mass is 10.2. The summed E-state index contributed by atoms with van der Waals surface area (Å²) >= 11 is 1.05. The fraction of sp³-hybridized carbons (Fsp3) is 0.368. The number of ether oxygens (including phenoxy) is 1. The monoisotopic (exact) mass is 467 g/mol. The minimum Gasteiger partial charge on any atom is -0.462 e. The van der Waals surface area contributed by atoms with Gasteiger partial charge < -0.3 is 15.8 Å². The highest BCUT2D eigenvalue weighted by Crippen LogP contribution is 2.25. The van der Waals surface area contributed by atoms with Crippen LogP contribution in [-0.2, 0) is 19.6 Å². The molecular formula is C19H25N5O5S2. The molecule has 1 unspecified atom stereocenters. The Balaban J connectivity index is 2.15. The topological polar surface area (TPSA) is 145 Å². The Labute approximate surface area is 185 Å². The number of esters is 1. The average molecular weight is 468 g/mol. The van der Waals surface area contributed by atoms with Crippen molar-refractivity contribution in [2.75, 3.05) is 31.8 Å². The van der Waals surface area contributed by atoms with Crippen molar-refractivity contribution in [3.8, 4) is 0 Å². The van der Waals surface area contributed by atoms with E-state index >= 15 is 0 Å². The van der Waals surface area contributed by atoms with Gasteiger partial charge in [-0.25, -0.2) is 27.5 Å². The second-order valence-corrected chi connectivity index (χ2v) is 10.1. The molecule has 0 spiro atoms. The molecule has 31 heavy (non-hydrogen) atoms. The molecule has 0 saturated carbocycles. The Bertz CT molecular complexity index is 1090. The molecule has 0 fully saturated rings. The van der Waals surface area contributed by atoms with Gasteiger partial charge in [-0.05, 0) is 38.5 Å². The van der Waals surface area contributed by atoms with E-state index in [-0.39, 0.29) is 33.9 Å². The van der Waals surface area contributed by atoms with Crippen LogP contribution in [0.1, 0.15) is 29.8 Å². The molecule has 0 aliphatic heterocycles. The van der Waals surface area contributed by atoms with Gasteiger partial charge in [0.1, 0.15) is 11.4 Å². The van der Waals surface area contributed by atoms with Crippen LogP contribution in [0.2, 0.25) is 0 Å². The first-order chi connectivity index (χ1) is 14.5. The molecule has 12 heteroatoms. The van der Waals surface area contributed by atoms with Crippen LogP contribution in [0, 0.1) is 6.92 Å². The van der Waals surface area contributed by atoms with E-state index < -0.39 is 21.2 Å². The van der Waals surface area contributed by atoms with Gasteiger partial charge in [0.25, 0.3) is 0 Å². The third kappa shape index (κ3) is 5.93. The summed E-state index contributed by atoms with van der Waals surface area (Å²) in [6, 6.07) is 4.53. The van der Waals surface area contributed by atoms with Gasteiger partial charge in [0, 0.05) is 26.0 Å². The lowest BCUT2D eigenvalue weighted by Crippen LogP contribution is -2.25. The molecule has 168 valence electrons. The van der Waals surface area contributed by atoms with Crippen LogP contribution >= 0.6 is 11.8 Å². The summed E-state index contributed by atoms with van der Waals surface area (Å²) in [4.78, 5) is 32.6. The van der Waals surface area contributed by atoms with Gasteiger partial charge in [0.15, 0.2) is 5.16 Å². The van der Waals surface area contributed by atoms with Crippen molar-refractivity contribution in [3.05, 3.63) is 35.5 Å². The van der Waals surface area contributed by atoms with Crippen molar-refractivity contribution < 1.29 is 22.7 Å². The number of hydrogen-bond donors (Lipinski definition) is 2. The summed E-state index contributed by atoms with van der Waals surface area (Å²) in [5, 5.41) is 2.33. The number of nitrogens with one attached hydrogen (secondary N) is 1. The maximum Gasteiger partial charge on any atom is 0.343 e. The number of anilines is 2. The molecule has 0 saturated heterocycles. The number of aryl methyl sites for hydroxylation is 1. The number of amides is 1. The highest BCUT2D eigenvalue weighted by molar-refractivity contribution is 8.00. The summed E-state index contributed by atoms with van der Waals surface area (Å²) in [6.45, 7) is 5.28. The first kappa shape index (κ1) is 24.6. The maximum atomic E-state index is 12.7. The molecule has 1 heterocycles. The van der Waals surface area contributed by atoms with Gasteiger partial charge in [-0.2, -0.15) is 0 Å². The summed E-state index contributed by atoms with van der Waals surface area (Å²) in [5.41, 5.74) is 6.95. The number of nitrogen functional groups attached to an aromatic ring is 1. The van der Waals surface area contributed by atoms with Crippen molar-refractivity contribution in [1.82, 2.24) is 14.3 Å². The second kappa shape index (κ2) is 10.1. The van der Waals surface area contributed by atoms with E-state index in [1.165, 1.54) is 32.4 Å². The third-order valence-electron chi connectivity index (χ3n) is 4.19. The number of carbonyl (C=O) groups excluding carboxylic acids is 2. The van der Waals surface area contributed by atoms with Crippen LogP contribution in [0.15, 0.2) is 34.4 Å². The van der Waals surface area contributed by atoms with Crippen molar-refractivity contribution in [2.24, 2.45) is 0 Å². The predicted molar refractivity (Wildman–Crippen MR) is 118 cm³/mol. The molecule has 3 N–H and O–H groups in total. The van der Waals surface area contributed by atoms with E-state index in [2.05, 4.69) is 15.3 Å². The molecule has 1 amide bonds. The first-order valence-electron chi connectivity index (χ1n) is 9.27.